The molecule has 3 aromatic rings. The van der Waals surface area contributed by atoms with E-state index in [1.165, 1.54) is 38.9 Å². The fourth-order valence-electron chi connectivity index (χ4n) is 6.90. The highest BCUT2D eigenvalue weighted by Gasteiger charge is 2.57. The van der Waals surface area contributed by atoms with E-state index in [9.17, 15) is 14.7 Å². The first kappa shape index (κ1) is 21.7. The van der Waals surface area contributed by atoms with Gasteiger partial charge in [-0.05, 0) is 76.8 Å². The van der Waals surface area contributed by atoms with E-state index in [0.29, 0.717) is 11.1 Å². The smallest absolute Gasteiger partial charge is 0.340 e. The minimum atomic E-state index is -2.21. The third kappa shape index (κ3) is 2.51. The lowest BCUT2D eigenvalue weighted by molar-refractivity contribution is 0.0254. The lowest BCUT2D eigenvalue weighted by Gasteiger charge is -2.44. The van der Waals surface area contributed by atoms with Gasteiger partial charge in [0.2, 0.25) is 0 Å². The molecule has 0 aliphatic carbocycles. The van der Waals surface area contributed by atoms with E-state index >= 15 is 0 Å². The molecule has 0 unspecified atom stereocenters. The normalized spacial score (nSPS) is 19.5. The van der Waals surface area contributed by atoms with Crippen molar-refractivity contribution < 1.29 is 19.4 Å². The molecule has 0 bridgehead atoms. The van der Waals surface area contributed by atoms with Gasteiger partial charge in [0.15, 0.2) is 5.60 Å². The Bertz CT molecular complexity index is 1470. The van der Waals surface area contributed by atoms with Crippen LogP contribution in [0.15, 0.2) is 42.5 Å². The molecule has 3 aromatic carbocycles. The number of fused-ring (bicyclic) bond motifs is 8. The largest absolute Gasteiger partial charge is 0.478 e. The number of carboxylic acid groups (broad SMARTS) is 1. The molecule has 7 heteroatoms. The molecule has 0 aromatic heterocycles. The molecule has 7 rings (SSSR count). The summed E-state index contributed by atoms with van der Waals surface area (Å²) in [6.07, 6.45) is 1.88. The SMILES string of the molecule is CN1CCc2cc3c(cc21)[Si](C)(C)c1cc2c(cc1C31OC(=O)c3ccc(C(=O)O)cc31)CCN2C. The molecule has 1 N–H and O–H groups in total. The number of benzene rings is 3. The van der Waals surface area contributed by atoms with Crippen LogP contribution in [0.2, 0.25) is 13.1 Å². The number of carbonyl (C=O) groups excluding carboxylic acids is 1. The number of carboxylic acids is 1. The second-order valence-corrected chi connectivity index (χ2v) is 15.5. The Morgan fingerprint density at radius 1 is 0.889 bits per heavy atom. The average molecular weight is 497 g/mol. The van der Waals surface area contributed by atoms with E-state index in [2.05, 4.69) is 61.3 Å². The van der Waals surface area contributed by atoms with Crippen molar-refractivity contribution in [2.45, 2.75) is 31.5 Å². The highest BCUT2D eigenvalue weighted by Crippen LogP contribution is 2.51. The van der Waals surface area contributed by atoms with Crippen molar-refractivity contribution in [3.63, 3.8) is 0 Å². The number of nitrogens with zero attached hydrogens (tertiary/aromatic N) is 2. The van der Waals surface area contributed by atoms with Crippen LogP contribution in [0.25, 0.3) is 0 Å². The maximum atomic E-state index is 13.4. The summed E-state index contributed by atoms with van der Waals surface area (Å²) in [5.41, 5.74) is 7.15. The Labute approximate surface area is 211 Å². The minimum Gasteiger partial charge on any atom is -0.478 e. The van der Waals surface area contributed by atoms with Gasteiger partial charge >= 0.3 is 11.9 Å². The standard InChI is InChI=1S/C29H28N2O4Si/c1-30-9-7-16-11-21-25(14-23(16)30)36(3,4)26-15-24-17(8-10-31(24)2)12-22(26)29(21)20-13-18(27(32)33)5-6-19(20)28(34)35-29/h5-6,11-15H,7-10H2,1-4H3,(H,32,33). The van der Waals surface area contributed by atoms with Crippen molar-refractivity contribution in [2.75, 3.05) is 37.0 Å². The zero-order valence-electron chi connectivity index (χ0n) is 20.9. The summed E-state index contributed by atoms with van der Waals surface area (Å²) in [7, 11) is 2.05. The Kier molecular flexibility index (Phi) is 4.09. The van der Waals surface area contributed by atoms with Gasteiger partial charge in [-0.25, -0.2) is 9.59 Å². The second kappa shape index (κ2) is 6.79. The fourth-order valence-corrected chi connectivity index (χ4v) is 10.0. The summed E-state index contributed by atoms with van der Waals surface area (Å²) in [6, 6.07) is 13.9. The van der Waals surface area contributed by atoms with E-state index in [4.69, 9.17) is 4.74 Å². The van der Waals surface area contributed by atoms with Gasteiger partial charge < -0.3 is 19.6 Å². The number of esters is 1. The zero-order valence-corrected chi connectivity index (χ0v) is 21.9. The number of anilines is 2. The van der Waals surface area contributed by atoms with Gasteiger partial charge in [-0.1, -0.05) is 13.1 Å². The van der Waals surface area contributed by atoms with Gasteiger partial charge in [-0.2, -0.15) is 0 Å². The highest BCUT2D eigenvalue weighted by atomic mass is 28.3. The summed E-state index contributed by atoms with van der Waals surface area (Å²) < 4.78 is 6.48. The van der Waals surface area contributed by atoms with Crippen LogP contribution in [0, 0.1) is 0 Å². The van der Waals surface area contributed by atoms with Crippen LogP contribution in [0.4, 0.5) is 11.4 Å². The van der Waals surface area contributed by atoms with Crippen molar-refractivity contribution in [3.8, 4) is 0 Å². The molecule has 182 valence electrons. The van der Waals surface area contributed by atoms with E-state index in [0.717, 1.165) is 37.1 Å². The fraction of sp³-hybridized carbons (Fsp3) is 0.310. The van der Waals surface area contributed by atoms with Gasteiger partial charge in [0.25, 0.3) is 0 Å². The van der Waals surface area contributed by atoms with E-state index in [1.54, 1.807) is 12.1 Å². The maximum absolute atomic E-state index is 13.4. The van der Waals surface area contributed by atoms with E-state index < -0.39 is 25.6 Å². The highest BCUT2D eigenvalue weighted by molar-refractivity contribution is 7.01. The third-order valence-electron chi connectivity index (χ3n) is 8.91. The molecule has 0 saturated heterocycles. The number of likely N-dealkylation sites (N-methyl/N-ethyl adjacent to an activating group) is 2. The monoisotopic (exact) mass is 496 g/mol. The van der Waals surface area contributed by atoms with Crippen LogP contribution < -0.4 is 20.2 Å². The first-order valence-corrected chi connectivity index (χ1v) is 15.5. The topological polar surface area (TPSA) is 70.1 Å². The summed E-state index contributed by atoms with van der Waals surface area (Å²) in [5.74, 6) is -1.40. The summed E-state index contributed by atoms with van der Waals surface area (Å²) in [6.45, 7) is 6.68. The number of aromatic carboxylic acids is 1. The van der Waals surface area contributed by atoms with Crippen LogP contribution >= 0.6 is 0 Å². The van der Waals surface area contributed by atoms with Crippen molar-refractivity contribution in [3.05, 3.63) is 81.4 Å². The van der Waals surface area contributed by atoms with Crippen molar-refractivity contribution in [1.29, 1.82) is 0 Å². The molecule has 0 amide bonds. The van der Waals surface area contributed by atoms with E-state index in [1.807, 2.05) is 0 Å². The van der Waals surface area contributed by atoms with Crippen molar-refractivity contribution in [1.82, 2.24) is 0 Å². The van der Waals surface area contributed by atoms with E-state index in [-0.39, 0.29) is 5.56 Å². The molecule has 0 fully saturated rings. The van der Waals surface area contributed by atoms with Crippen LogP contribution in [-0.2, 0) is 23.2 Å². The number of hydrogen-bond acceptors (Lipinski definition) is 5. The Morgan fingerprint density at radius 2 is 1.44 bits per heavy atom. The van der Waals surface area contributed by atoms with Crippen molar-refractivity contribution >= 4 is 41.8 Å². The van der Waals surface area contributed by atoms with Gasteiger partial charge in [-0.3, -0.25) is 0 Å². The zero-order chi connectivity index (χ0) is 25.1. The molecule has 0 atom stereocenters. The molecule has 4 aliphatic rings. The van der Waals surface area contributed by atoms with Gasteiger partial charge in [0, 0.05) is 55.2 Å². The number of hydrogen-bond donors (Lipinski definition) is 1. The summed E-state index contributed by atoms with van der Waals surface area (Å²) in [5, 5.41) is 12.3. The summed E-state index contributed by atoms with van der Waals surface area (Å²) in [4.78, 5) is 30.0. The van der Waals surface area contributed by atoms with Crippen LogP contribution in [0.1, 0.15) is 48.5 Å². The van der Waals surface area contributed by atoms with Gasteiger partial charge in [-0.15, -0.1) is 0 Å². The average Bonchev–Trinajstić information content (AvgIpc) is 3.50. The maximum Gasteiger partial charge on any atom is 0.340 e. The Hall–Kier alpha value is -3.58. The molecule has 4 heterocycles. The van der Waals surface area contributed by atoms with Crippen LogP contribution in [0.5, 0.6) is 0 Å². The van der Waals surface area contributed by atoms with Gasteiger partial charge in [0.05, 0.1) is 11.1 Å². The molecule has 36 heavy (non-hydrogen) atoms. The molecule has 4 aliphatic heterocycles. The third-order valence-corrected chi connectivity index (χ3v) is 12.4. The number of rotatable bonds is 1. The number of carbonyl (C=O) groups is 2. The molecule has 6 nitrogen and oxygen atoms in total. The molecule has 1 spiro atoms. The van der Waals surface area contributed by atoms with Crippen LogP contribution in [-0.4, -0.2) is 52.3 Å². The predicted octanol–water partition coefficient (Wildman–Crippen LogP) is 2.97. The minimum absolute atomic E-state index is 0.165. The quantitative estimate of drug-likeness (QED) is 0.413. The first-order valence-electron chi connectivity index (χ1n) is 12.5. The first-order chi connectivity index (χ1) is 17.1. The van der Waals surface area contributed by atoms with Crippen molar-refractivity contribution in [2.24, 2.45) is 0 Å². The molecular formula is C29H28N2O4Si. The summed E-state index contributed by atoms with van der Waals surface area (Å²) >= 11 is 0. The van der Waals surface area contributed by atoms with Crippen LogP contribution in [0.3, 0.4) is 0 Å². The lowest BCUT2D eigenvalue weighted by Crippen LogP contribution is -2.63. The molecule has 0 radical (unpaired) electrons. The second-order valence-electron chi connectivity index (χ2n) is 11.2. The predicted molar refractivity (Wildman–Crippen MR) is 142 cm³/mol. The number of ether oxygens (including phenoxy) is 1. The van der Waals surface area contributed by atoms with Gasteiger partial charge in [0.1, 0.15) is 8.07 Å². The molecule has 0 saturated carbocycles. The Balaban J connectivity index is 1.63. The molecular weight excluding hydrogens is 468 g/mol. The Morgan fingerprint density at radius 3 is 1.97 bits per heavy atom. The lowest BCUT2D eigenvalue weighted by atomic mass is 9.77.